The van der Waals surface area contributed by atoms with Gasteiger partial charge in [-0.3, -0.25) is 4.98 Å². The smallest absolute Gasteiger partial charge is 0.0787 e. The summed E-state index contributed by atoms with van der Waals surface area (Å²) in [5, 5.41) is 10.7. The number of fused-ring (bicyclic) bond motifs is 1. The first-order chi connectivity index (χ1) is 6.81. The third-order valence-electron chi connectivity index (χ3n) is 2.40. The van der Waals surface area contributed by atoms with Gasteiger partial charge in [-0.05, 0) is 30.2 Å². The summed E-state index contributed by atoms with van der Waals surface area (Å²) >= 11 is 0. The molecule has 72 valence electrons. The second-order valence-electron chi connectivity index (χ2n) is 3.38. The summed E-state index contributed by atoms with van der Waals surface area (Å²) in [4.78, 5) is 4.23. The minimum Gasteiger partial charge on any atom is -0.388 e. The first kappa shape index (κ1) is 9.16. The second kappa shape index (κ2) is 3.76. The Hall–Kier alpha value is -1.41. The van der Waals surface area contributed by atoms with Crippen LogP contribution in [0.2, 0.25) is 0 Å². The minimum atomic E-state index is -0.361. The zero-order valence-electron chi connectivity index (χ0n) is 8.14. The summed E-state index contributed by atoms with van der Waals surface area (Å²) in [6.45, 7) is 1.97. The molecule has 0 radical (unpaired) electrons. The Morgan fingerprint density at radius 1 is 1.36 bits per heavy atom. The van der Waals surface area contributed by atoms with Crippen LogP contribution >= 0.6 is 0 Å². The van der Waals surface area contributed by atoms with Gasteiger partial charge >= 0.3 is 0 Å². The predicted octanol–water partition coefficient (Wildman–Crippen LogP) is 2.68. The monoisotopic (exact) mass is 187 g/mol. The Labute approximate surface area is 83.2 Å². The first-order valence-electron chi connectivity index (χ1n) is 4.84. The van der Waals surface area contributed by atoms with Gasteiger partial charge in [-0.1, -0.05) is 19.1 Å². The number of aliphatic hydroxyl groups excluding tert-OH is 1. The summed E-state index contributed by atoms with van der Waals surface area (Å²) in [6, 6.07) is 9.79. The van der Waals surface area contributed by atoms with E-state index >= 15 is 0 Å². The van der Waals surface area contributed by atoms with Gasteiger partial charge in [0.05, 0.1) is 11.6 Å². The highest BCUT2D eigenvalue weighted by molar-refractivity contribution is 5.78. The number of aliphatic hydroxyl groups is 1. The number of benzene rings is 1. The molecule has 0 aliphatic rings. The average molecular weight is 187 g/mol. The quantitative estimate of drug-likeness (QED) is 0.784. The molecular weight excluding hydrogens is 174 g/mol. The molecule has 1 aromatic carbocycles. The topological polar surface area (TPSA) is 33.1 Å². The van der Waals surface area contributed by atoms with Gasteiger partial charge in [0.25, 0.3) is 0 Å². The fourth-order valence-electron chi connectivity index (χ4n) is 1.54. The number of nitrogens with zero attached hydrogens (tertiary/aromatic N) is 1. The molecule has 1 atom stereocenters. The molecule has 0 amide bonds. The van der Waals surface area contributed by atoms with E-state index in [0.29, 0.717) is 0 Å². The van der Waals surface area contributed by atoms with Gasteiger partial charge in [-0.25, -0.2) is 0 Å². The number of hydrogen-bond acceptors (Lipinski definition) is 2. The normalized spacial score (nSPS) is 13.0. The molecule has 0 unspecified atom stereocenters. The van der Waals surface area contributed by atoms with E-state index in [1.807, 2.05) is 37.3 Å². The Morgan fingerprint density at radius 2 is 2.21 bits per heavy atom. The molecule has 0 bridgehead atoms. The van der Waals surface area contributed by atoms with Crippen molar-refractivity contribution in [3.63, 3.8) is 0 Å². The maximum absolute atomic E-state index is 9.67. The Balaban J connectivity index is 2.51. The Morgan fingerprint density at radius 3 is 3.00 bits per heavy atom. The van der Waals surface area contributed by atoms with Crippen molar-refractivity contribution in [3.05, 3.63) is 42.1 Å². The molecule has 1 aromatic heterocycles. The zero-order chi connectivity index (χ0) is 9.97. The van der Waals surface area contributed by atoms with Crippen LogP contribution in [-0.2, 0) is 0 Å². The van der Waals surface area contributed by atoms with Crippen molar-refractivity contribution in [2.45, 2.75) is 19.4 Å². The molecule has 0 spiro atoms. The van der Waals surface area contributed by atoms with E-state index < -0.39 is 0 Å². The van der Waals surface area contributed by atoms with E-state index in [1.54, 1.807) is 6.20 Å². The Bertz CT molecular complexity index is 439. The molecule has 0 saturated heterocycles. The molecule has 0 aliphatic heterocycles. The van der Waals surface area contributed by atoms with Gasteiger partial charge in [-0.15, -0.1) is 0 Å². The van der Waals surface area contributed by atoms with Crippen LogP contribution in [0.4, 0.5) is 0 Å². The van der Waals surface area contributed by atoms with Gasteiger partial charge in [0.15, 0.2) is 0 Å². The van der Waals surface area contributed by atoms with E-state index in [2.05, 4.69) is 4.98 Å². The van der Waals surface area contributed by atoms with Crippen molar-refractivity contribution < 1.29 is 5.11 Å². The van der Waals surface area contributed by atoms with Crippen LogP contribution in [0.3, 0.4) is 0 Å². The van der Waals surface area contributed by atoms with E-state index in [1.165, 1.54) is 0 Å². The summed E-state index contributed by atoms with van der Waals surface area (Å²) in [6.07, 6.45) is 2.16. The number of pyridine rings is 1. The lowest BCUT2D eigenvalue weighted by atomic mass is 10.0. The first-order valence-corrected chi connectivity index (χ1v) is 4.84. The fourth-order valence-corrected chi connectivity index (χ4v) is 1.54. The van der Waals surface area contributed by atoms with Gasteiger partial charge < -0.3 is 5.11 Å². The van der Waals surface area contributed by atoms with Gasteiger partial charge in [0.2, 0.25) is 0 Å². The standard InChI is InChI=1S/C12H13NO/c1-2-12(14)10-5-6-11-9(8-10)4-3-7-13-11/h3-8,12,14H,2H2,1H3/t12-/m0/s1. The average Bonchev–Trinajstić information content (AvgIpc) is 2.27. The lowest BCUT2D eigenvalue weighted by Crippen LogP contribution is -1.94. The van der Waals surface area contributed by atoms with Crippen molar-refractivity contribution in [2.75, 3.05) is 0 Å². The number of rotatable bonds is 2. The summed E-state index contributed by atoms with van der Waals surface area (Å²) in [5.74, 6) is 0. The molecule has 1 N–H and O–H groups in total. The molecule has 1 heterocycles. The highest BCUT2D eigenvalue weighted by Crippen LogP contribution is 2.20. The maximum atomic E-state index is 9.67. The van der Waals surface area contributed by atoms with Gasteiger partial charge in [0, 0.05) is 11.6 Å². The Kier molecular flexibility index (Phi) is 2.46. The van der Waals surface area contributed by atoms with Crippen molar-refractivity contribution in [2.24, 2.45) is 0 Å². The van der Waals surface area contributed by atoms with Crippen LogP contribution in [0.1, 0.15) is 25.0 Å². The van der Waals surface area contributed by atoms with E-state index in [4.69, 9.17) is 0 Å². The van der Waals surface area contributed by atoms with Crippen molar-refractivity contribution in [1.82, 2.24) is 4.98 Å². The minimum absolute atomic E-state index is 0.361. The lowest BCUT2D eigenvalue weighted by molar-refractivity contribution is 0.174. The highest BCUT2D eigenvalue weighted by Gasteiger charge is 2.04. The predicted molar refractivity (Wildman–Crippen MR) is 57.0 cm³/mol. The lowest BCUT2D eigenvalue weighted by Gasteiger charge is -2.08. The van der Waals surface area contributed by atoms with Crippen LogP contribution in [-0.4, -0.2) is 10.1 Å². The van der Waals surface area contributed by atoms with E-state index in [0.717, 1.165) is 22.9 Å². The summed E-state index contributed by atoms with van der Waals surface area (Å²) in [5.41, 5.74) is 1.94. The van der Waals surface area contributed by atoms with Crippen LogP contribution in [0.5, 0.6) is 0 Å². The molecule has 2 nitrogen and oxygen atoms in total. The van der Waals surface area contributed by atoms with Crippen LogP contribution in [0.15, 0.2) is 36.5 Å². The van der Waals surface area contributed by atoms with Crippen molar-refractivity contribution in [3.8, 4) is 0 Å². The van der Waals surface area contributed by atoms with Crippen LogP contribution in [0.25, 0.3) is 10.9 Å². The largest absolute Gasteiger partial charge is 0.388 e. The molecule has 2 heteroatoms. The molecule has 2 rings (SSSR count). The van der Waals surface area contributed by atoms with Crippen molar-refractivity contribution in [1.29, 1.82) is 0 Å². The maximum Gasteiger partial charge on any atom is 0.0787 e. The van der Waals surface area contributed by atoms with Crippen LogP contribution in [0, 0.1) is 0 Å². The van der Waals surface area contributed by atoms with Gasteiger partial charge in [-0.2, -0.15) is 0 Å². The van der Waals surface area contributed by atoms with Crippen molar-refractivity contribution >= 4 is 10.9 Å². The molecule has 0 saturated carbocycles. The number of hydrogen-bond donors (Lipinski definition) is 1. The molecule has 0 fully saturated rings. The van der Waals surface area contributed by atoms with Crippen LogP contribution < -0.4 is 0 Å². The van der Waals surface area contributed by atoms with E-state index in [9.17, 15) is 5.11 Å². The molecule has 14 heavy (non-hydrogen) atoms. The molecular formula is C12H13NO. The SMILES string of the molecule is CC[C@H](O)c1ccc2ncccc2c1. The zero-order valence-corrected chi connectivity index (χ0v) is 8.14. The molecule has 0 aliphatic carbocycles. The third-order valence-corrected chi connectivity index (χ3v) is 2.40. The van der Waals surface area contributed by atoms with E-state index in [-0.39, 0.29) is 6.10 Å². The van der Waals surface area contributed by atoms with Gasteiger partial charge in [0.1, 0.15) is 0 Å². The highest BCUT2D eigenvalue weighted by atomic mass is 16.3. The summed E-state index contributed by atoms with van der Waals surface area (Å²) in [7, 11) is 0. The third kappa shape index (κ3) is 1.61. The fraction of sp³-hybridized carbons (Fsp3) is 0.250. The number of aromatic nitrogens is 1. The summed E-state index contributed by atoms with van der Waals surface area (Å²) < 4.78 is 0. The molecule has 2 aromatic rings. The second-order valence-corrected chi connectivity index (χ2v) is 3.38.